The molecule has 17 heteroatoms. The molecule has 16 nitrogen and oxygen atoms in total. The molecule has 2 saturated carbocycles. The normalized spacial score (nSPS) is 26.6. The number of nitrogens with zero attached hydrogens (tertiary/aromatic N) is 9. The lowest BCUT2D eigenvalue weighted by Gasteiger charge is -2.49. The van der Waals surface area contributed by atoms with Crippen LogP contribution in [-0.2, 0) is 29.4 Å². The fourth-order valence-electron chi connectivity index (χ4n) is 13.4. The van der Waals surface area contributed by atoms with Gasteiger partial charge in [-0.3, -0.25) is 34.2 Å². The van der Waals surface area contributed by atoms with E-state index in [4.69, 9.17) is 9.97 Å². The van der Waals surface area contributed by atoms with Gasteiger partial charge >= 0.3 is 0 Å². The topological polar surface area (TPSA) is 169 Å². The number of hydrogen-bond donors (Lipinski definition) is 2. The molecule has 0 unspecified atom stereocenters. The van der Waals surface area contributed by atoms with Gasteiger partial charge in [0.25, 0.3) is 0 Å². The van der Waals surface area contributed by atoms with Crippen molar-refractivity contribution in [1.82, 2.24) is 39.5 Å². The monoisotopic (exact) mass is 996 g/mol. The third kappa shape index (κ3) is 8.74. The van der Waals surface area contributed by atoms with Crippen LogP contribution in [0.5, 0.6) is 0 Å². The van der Waals surface area contributed by atoms with Crippen LogP contribution < -0.4 is 20.4 Å². The van der Waals surface area contributed by atoms with Crippen molar-refractivity contribution < 1.29 is 28.4 Å². The average molecular weight is 996 g/mol. The highest BCUT2D eigenvalue weighted by Gasteiger charge is 2.57. The Hall–Kier alpha value is -5.97. The van der Waals surface area contributed by atoms with E-state index in [1.807, 2.05) is 28.3 Å². The number of likely N-dealkylation sites (tertiary alicyclic amines) is 3. The first-order chi connectivity index (χ1) is 35.2. The molecule has 8 aliphatic rings. The Bertz CT molecular complexity index is 2820. The van der Waals surface area contributed by atoms with Crippen molar-refractivity contribution in [3.8, 4) is 11.3 Å². The standard InChI is InChI=1S/C56H70FN11O5/c1-34(2)67-33-59-45-30-44(61-50(49(45)67)60-39-8-9-39)36-6-11-43-46(27-36)68(41-28-40(29-41)66-20-4-5-38(57)32-66)54(73)56(43)18-25-65(26-19-56)53(72)55(3)16-23-64(24-17-55)52(71)35-14-21-63(22-15-35)47-12-7-37(31-58-47)42-10-13-48(69)62-51(42)70/h6-7,11-12,27,30-31,33-35,38-42H,4-5,8-10,13-26,28-29,32H2,1-3H3,(H,60,61)(H,62,69,70)/t38-,40?,41?,42+/m0/s1. The summed E-state index contributed by atoms with van der Waals surface area (Å²) in [5.41, 5.74) is 5.05. The van der Waals surface area contributed by atoms with Crippen LogP contribution in [0, 0.1) is 11.3 Å². The first-order valence-corrected chi connectivity index (χ1v) is 27.4. The zero-order chi connectivity index (χ0) is 50.3. The number of nitrogens with one attached hydrogen (secondary N) is 2. The molecule has 9 heterocycles. The second-order valence-corrected chi connectivity index (χ2v) is 23.3. The fraction of sp³-hybridized carbons (Fsp3) is 0.607. The lowest BCUT2D eigenvalue weighted by atomic mass is 9.72. The number of imide groups is 1. The lowest BCUT2D eigenvalue weighted by Crippen LogP contribution is -2.59. The number of alkyl halides is 1. The van der Waals surface area contributed by atoms with Gasteiger partial charge in [-0.25, -0.2) is 19.3 Å². The first kappa shape index (κ1) is 48.0. The molecule has 5 amide bonds. The molecule has 5 saturated heterocycles. The largest absolute Gasteiger partial charge is 0.366 e. The second kappa shape index (κ2) is 18.8. The number of rotatable bonds is 10. The number of piperidine rings is 5. The Morgan fingerprint density at radius 1 is 0.836 bits per heavy atom. The van der Waals surface area contributed by atoms with Crippen molar-refractivity contribution in [2.24, 2.45) is 11.3 Å². The van der Waals surface area contributed by atoms with E-state index < -0.39 is 17.0 Å². The lowest BCUT2D eigenvalue weighted by molar-refractivity contribution is -0.150. The fourth-order valence-corrected chi connectivity index (χ4v) is 13.4. The predicted octanol–water partition coefficient (Wildman–Crippen LogP) is 6.89. The summed E-state index contributed by atoms with van der Waals surface area (Å²) >= 11 is 0. The molecule has 3 aromatic heterocycles. The van der Waals surface area contributed by atoms with E-state index in [0.717, 1.165) is 89.4 Å². The first-order valence-electron chi connectivity index (χ1n) is 27.4. The van der Waals surface area contributed by atoms with Crippen molar-refractivity contribution in [2.45, 2.75) is 152 Å². The Morgan fingerprint density at radius 2 is 1.59 bits per heavy atom. The molecule has 386 valence electrons. The summed E-state index contributed by atoms with van der Waals surface area (Å²) in [6, 6.07) is 13.2. The van der Waals surface area contributed by atoms with Crippen molar-refractivity contribution in [1.29, 1.82) is 0 Å². The van der Waals surface area contributed by atoms with Gasteiger partial charge < -0.3 is 29.5 Å². The molecule has 4 aromatic rings. The van der Waals surface area contributed by atoms with Crippen molar-refractivity contribution in [2.75, 3.05) is 67.5 Å². The van der Waals surface area contributed by atoms with Gasteiger partial charge in [-0.1, -0.05) is 25.1 Å². The van der Waals surface area contributed by atoms with Crippen LogP contribution in [0.3, 0.4) is 0 Å². The van der Waals surface area contributed by atoms with E-state index in [0.29, 0.717) is 110 Å². The Balaban J connectivity index is 0.708. The molecule has 7 fully saturated rings. The van der Waals surface area contributed by atoms with Crippen LogP contribution in [-0.4, -0.2) is 140 Å². The summed E-state index contributed by atoms with van der Waals surface area (Å²) < 4.78 is 16.8. The number of anilines is 3. The minimum absolute atomic E-state index is 0.0112. The SMILES string of the molecule is CC(C)n1cnc2cc(-c3ccc4c(c3)N(C3CC(N5CCC[C@H](F)C5)C3)C(=O)C43CCN(C(=O)C4(C)CCN(C(=O)C5CCN(c6ccc([C@H]7CCC(=O)NC7=O)cn6)CC5)CC4)CC3)nc(NC3CC3)c21. The molecule has 73 heavy (non-hydrogen) atoms. The molecule has 2 aliphatic carbocycles. The van der Waals surface area contributed by atoms with E-state index in [1.54, 1.807) is 6.20 Å². The molecule has 2 N–H and O–H groups in total. The minimum Gasteiger partial charge on any atom is -0.366 e. The van der Waals surface area contributed by atoms with Crippen molar-refractivity contribution in [3.05, 3.63) is 60.0 Å². The van der Waals surface area contributed by atoms with E-state index in [-0.39, 0.29) is 59.5 Å². The summed E-state index contributed by atoms with van der Waals surface area (Å²) in [7, 11) is 0. The van der Waals surface area contributed by atoms with Crippen LogP contribution in [0.4, 0.5) is 21.7 Å². The predicted molar refractivity (Wildman–Crippen MR) is 276 cm³/mol. The summed E-state index contributed by atoms with van der Waals surface area (Å²) in [5.74, 6) is 1.08. The molecule has 12 rings (SSSR count). The van der Waals surface area contributed by atoms with E-state index in [9.17, 15) is 23.6 Å². The smallest absolute Gasteiger partial charge is 0.238 e. The van der Waals surface area contributed by atoms with Gasteiger partial charge in [-0.05, 0) is 133 Å². The zero-order valence-corrected chi connectivity index (χ0v) is 42.7. The number of halogens is 1. The third-order valence-electron chi connectivity index (χ3n) is 18.3. The quantitative estimate of drug-likeness (QED) is 0.159. The number of hydrogen-bond acceptors (Lipinski definition) is 11. The summed E-state index contributed by atoms with van der Waals surface area (Å²) in [6.45, 7) is 11.2. The summed E-state index contributed by atoms with van der Waals surface area (Å²) in [4.78, 5) is 93.1. The second-order valence-electron chi connectivity index (χ2n) is 23.3. The number of pyridine rings is 2. The van der Waals surface area contributed by atoms with Gasteiger partial charge in [-0.15, -0.1) is 0 Å². The average Bonchev–Trinajstić information content (AvgIpc) is 4.05. The molecule has 2 atom stereocenters. The number of aromatic nitrogens is 4. The van der Waals surface area contributed by atoms with Crippen LogP contribution in [0.25, 0.3) is 22.3 Å². The number of fused-ring (bicyclic) bond motifs is 3. The number of carbonyl (C=O) groups excluding carboxylic acids is 5. The van der Waals surface area contributed by atoms with Crippen molar-refractivity contribution in [3.63, 3.8) is 0 Å². The van der Waals surface area contributed by atoms with Gasteiger partial charge in [-0.2, -0.15) is 0 Å². The molecule has 1 spiro atoms. The van der Waals surface area contributed by atoms with Gasteiger partial charge in [0.05, 0.1) is 28.9 Å². The maximum Gasteiger partial charge on any atom is 0.238 e. The summed E-state index contributed by atoms with van der Waals surface area (Å²) in [5, 5.41) is 6.11. The van der Waals surface area contributed by atoms with Crippen LogP contribution in [0.2, 0.25) is 0 Å². The minimum atomic E-state index is -0.796. The number of carbonyl (C=O) groups is 5. The Morgan fingerprint density at radius 3 is 2.27 bits per heavy atom. The van der Waals surface area contributed by atoms with Crippen molar-refractivity contribution >= 4 is 57.9 Å². The molecular weight excluding hydrogens is 926 g/mol. The number of imidazole rings is 1. The van der Waals surface area contributed by atoms with Gasteiger partial charge in [0.15, 0.2) is 5.82 Å². The van der Waals surface area contributed by atoms with E-state index in [2.05, 4.69) is 79.9 Å². The maximum atomic E-state index is 15.3. The van der Waals surface area contributed by atoms with Crippen LogP contribution in [0.1, 0.15) is 134 Å². The molecule has 0 bridgehead atoms. The molecule has 6 aliphatic heterocycles. The highest BCUT2D eigenvalue weighted by atomic mass is 19.1. The van der Waals surface area contributed by atoms with Gasteiger partial charge in [0.2, 0.25) is 29.5 Å². The van der Waals surface area contributed by atoms with Gasteiger partial charge in [0.1, 0.15) is 17.5 Å². The third-order valence-corrected chi connectivity index (χ3v) is 18.3. The Kier molecular flexibility index (Phi) is 12.3. The molecule has 0 radical (unpaired) electrons. The van der Waals surface area contributed by atoms with E-state index >= 15 is 4.79 Å². The Labute approximate surface area is 426 Å². The molecular formula is C56H70FN11O5. The highest BCUT2D eigenvalue weighted by Crippen LogP contribution is 2.53. The van der Waals surface area contributed by atoms with Gasteiger partial charge in [0, 0.05) is 105 Å². The zero-order valence-electron chi connectivity index (χ0n) is 42.7. The molecule has 1 aromatic carbocycles. The van der Waals surface area contributed by atoms with Crippen LogP contribution in [0.15, 0.2) is 48.9 Å². The number of amides is 5. The maximum absolute atomic E-state index is 15.3. The highest BCUT2D eigenvalue weighted by molar-refractivity contribution is 6.09. The summed E-state index contributed by atoms with van der Waals surface area (Å²) in [6.07, 6.45) is 12.7. The number of benzene rings is 1. The van der Waals surface area contributed by atoms with Crippen LogP contribution >= 0.6 is 0 Å². The van der Waals surface area contributed by atoms with E-state index in [1.165, 1.54) is 0 Å².